The Kier molecular flexibility index (Phi) is 8.17. The number of nitrogens with zero attached hydrogens (tertiary/aromatic N) is 1. The number of rotatable bonds is 9. The molecule has 0 unspecified atom stereocenters. The summed E-state index contributed by atoms with van der Waals surface area (Å²) in [4.78, 5) is 39.1. The van der Waals surface area contributed by atoms with Crippen LogP contribution in [0.2, 0.25) is 0 Å². The van der Waals surface area contributed by atoms with E-state index < -0.39 is 17.1 Å². The van der Waals surface area contributed by atoms with Crippen LogP contribution in [-0.4, -0.2) is 42.2 Å². The Morgan fingerprint density at radius 2 is 1.85 bits per heavy atom. The molecule has 1 aliphatic heterocycles. The van der Waals surface area contributed by atoms with Crippen LogP contribution in [0.3, 0.4) is 0 Å². The predicted octanol–water partition coefficient (Wildman–Crippen LogP) is 5.11. The number of nitrogens with one attached hydrogen (secondary N) is 1. The number of benzene rings is 2. The molecule has 0 bridgehead atoms. The minimum Gasteiger partial charge on any atom is -0.493 e. The largest absolute Gasteiger partial charge is 0.493 e. The van der Waals surface area contributed by atoms with E-state index in [9.17, 15) is 14.4 Å². The summed E-state index contributed by atoms with van der Waals surface area (Å²) in [6.07, 6.45) is 3.92. The van der Waals surface area contributed by atoms with E-state index in [4.69, 9.17) is 9.47 Å². The molecule has 0 aromatic heterocycles. The van der Waals surface area contributed by atoms with Gasteiger partial charge in [-0.15, -0.1) is 6.58 Å². The third-order valence-electron chi connectivity index (χ3n) is 5.00. The fourth-order valence-electron chi connectivity index (χ4n) is 3.75. The molecule has 0 spiro atoms. The first-order valence-corrected chi connectivity index (χ1v) is 11.7. The van der Waals surface area contributed by atoms with Crippen LogP contribution >= 0.6 is 11.8 Å². The van der Waals surface area contributed by atoms with E-state index in [1.807, 2.05) is 45.0 Å². The first-order valence-electron chi connectivity index (χ1n) is 10.8. The Bertz CT molecular complexity index is 1150. The van der Waals surface area contributed by atoms with Gasteiger partial charge in [0.25, 0.3) is 11.1 Å². The van der Waals surface area contributed by atoms with Crippen LogP contribution < -0.4 is 14.8 Å². The topological polar surface area (TPSA) is 84.9 Å². The number of imide groups is 1. The molecule has 0 atom stereocenters. The van der Waals surface area contributed by atoms with Crippen LogP contribution in [0.1, 0.15) is 29.2 Å². The summed E-state index contributed by atoms with van der Waals surface area (Å²) in [5, 5.41) is 2.27. The van der Waals surface area contributed by atoms with Crippen molar-refractivity contribution >= 4 is 40.6 Å². The molecule has 1 heterocycles. The Balaban J connectivity index is 1.81. The molecule has 2 aromatic rings. The summed E-state index contributed by atoms with van der Waals surface area (Å²) < 4.78 is 11.2. The average Bonchev–Trinajstić information content (AvgIpc) is 3.00. The summed E-state index contributed by atoms with van der Waals surface area (Å²) in [5.74, 6) is 0.201. The van der Waals surface area contributed by atoms with Gasteiger partial charge in [-0.3, -0.25) is 19.3 Å². The summed E-state index contributed by atoms with van der Waals surface area (Å²) in [7, 11) is 1.57. The Morgan fingerprint density at radius 3 is 2.47 bits per heavy atom. The van der Waals surface area contributed by atoms with E-state index >= 15 is 0 Å². The van der Waals surface area contributed by atoms with Gasteiger partial charge in [0.15, 0.2) is 11.5 Å². The van der Waals surface area contributed by atoms with E-state index in [0.717, 1.165) is 33.4 Å². The number of aryl methyl sites for hydroxylation is 2. The van der Waals surface area contributed by atoms with Crippen molar-refractivity contribution in [2.45, 2.75) is 27.2 Å². The van der Waals surface area contributed by atoms with Crippen molar-refractivity contribution < 1.29 is 23.9 Å². The molecular formula is C26H28N2O5S. The Morgan fingerprint density at radius 1 is 1.15 bits per heavy atom. The molecule has 8 heteroatoms. The first-order chi connectivity index (χ1) is 16.2. The monoisotopic (exact) mass is 480 g/mol. The van der Waals surface area contributed by atoms with Gasteiger partial charge < -0.3 is 14.8 Å². The minimum atomic E-state index is -0.510. The first kappa shape index (κ1) is 25.1. The summed E-state index contributed by atoms with van der Waals surface area (Å²) >= 11 is 0.805. The molecular weight excluding hydrogens is 452 g/mol. The Labute approximate surface area is 203 Å². The molecule has 1 aliphatic rings. The molecule has 0 radical (unpaired) electrons. The number of hydrogen-bond acceptors (Lipinski definition) is 6. The zero-order valence-electron chi connectivity index (χ0n) is 19.8. The van der Waals surface area contributed by atoms with Crippen molar-refractivity contribution in [2.24, 2.45) is 0 Å². The maximum absolute atomic E-state index is 12.9. The number of methoxy groups -OCH3 is 1. The minimum absolute atomic E-state index is 0.237. The number of amides is 3. The zero-order chi connectivity index (χ0) is 24.8. The summed E-state index contributed by atoms with van der Waals surface area (Å²) in [6, 6.07) is 9.28. The molecule has 1 N–H and O–H groups in total. The van der Waals surface area contributed by atoms with Gasteiger partial charge in [-0.2, -0.15) is 0 Å². The third kappa shape index (κ3) is 5.88. The van der Waals surface area contributed by atoms with Crippen LogP contribution in [0, 0.1) is 13.8 Å². The molecule has 1 saturated heterocycles. The highest BCUT2D eigenvalue weighted by molar-refractivity contribution is 8.18. The Hall–Kier alpha value is -3.52. The number of anilines is 1. The van der Waals surface area contributed by atoms with Crippen molar-refractivity contribution in [2.75, 3.05) is 25.6 Å². The molecule has 7 nitrogen and oxygen atoms in total. The second kappa shape index (κ2) is 11.1. The molecule has 2 aromatic carbocycles. The van der Waals surface area contributed by atoms with Crippen molar-refractivity contribution in [3.8, 4) is 11.5 Å². The van der Waals surface area contributed by atoms with Gasteiger partial charge in [-0.25, -0.2) is 0 Å². The van der Waals surface area contributed by atoms with Crippen molar-refractivity contribution in [1.29, 1.82) is 0 Å². The lowest BCUT2D eigenvalue weighted by atomic mass is 10.0. The van der Waals surface area contributed by atoms with Crippen LogP contribution in [0.25, 0.3) is 6.08 Å². The number of carbonyl (C=O) groups excluding carboxylic acids is 3. The standard InChI is InChI=1S/C26H28N2O5S/c1-6-8-19-12-18(13-21(33-7-2)24(19)32-5)14-22-25(30)28(26(31)34-22)15-23(29)27-20-10-16(3)9-17(4)11-20/h6,9-14H,1,7-8,15H2,2-5H3,(H,27,29)/b22-14+. The lowest BCUT2D eigenvalue weighted by Crippen LogP contribution is -2.36. The van der Waals surface area contributed by atoms with E-state index in [1.54, 1.807) is 25.3 Å². The van der Waals surface area contributed by atoms with Crippen LogP contribution in [0.5, 0.6) is 11.5 Å². The third-order valence-corrected chi connectivity index (χ3v) is 5.91. The average molecular weight is 481 g/mol. The number of carbonyl (C=O) groups is 3. The molecule has 34 heavy (non-hydrogen) atoms. The normalized spacial score (nSPS) is 14.5. The number of allylic oxidation sites excluding steroid dienone is 1. The highest BCUT2D eigenvalue weighted by Crippen LogP contribution is 2.37. The number of ether oxygens (including phenoxy) is 2. The fraction of sp³-hybridized carbons (Fsp3) is 0.269. The maximum Gasteiger partial charge on any atom is 0.294 e. The number of thioether (sulfide) groups is 1. The second-order valence-electron chi connectivity index (χ2n) is 7.83. The molecule has 3 amide bonds. The van der Waals surface area contributed by atoms with E-state index in [0.29, 0.717) is 35.8 Å². The highest BCUT2D eigenvalue weighted by Gasteiger charge is 2.36. The highest BCUT2D eigenvalue weighted by atomic mass is 32.2. The van der Waals surface area contributed by atoms with Crippen LogP contribution in [0.4, 0.5) is 10.5 Å². The molecule has 3 rings (SSSR count). The van der Waals surface area contributed by atoms with Gasteiger partial charge in [0.1, 0.15) is 6.54 Å². The van der Waals surface area contributed by atoms with Gasteiger partial charge in [-0.1, -0.05) is 12.1 Å². The van der Waals surface area contributed by atoms with Gasteiger partial charge in [0.2, 0.25) is 5.91 Å². The summed E-state index contributed by atoms with van der Waals surface area (Å²) in [5.41, 5.74) is 4.17. The SMILES string of the molecule is C=CCc1cc(/C=C2/SC(=O)N(CC(=O)Nc3cc(C)cc(C)c3)C2=O)cc(OCC)c1OC. The lowest BCUT2D eigenvalue weighted by molar-refractivity contribution is -0.127. The van der Waals surface area contributed by atoms with E-state index in [-0.39, 0.29) is 11.4 Å². The molecule has 0 saturated carbocycles. The zero-order valence-corrected chi connectivity index (χ0v) is 20.6. The van der Waals surface area contributed by atoms with Gasteiger partial charge in [0, 0.05) is 11.3 Å². The van der Waals surface area contributed by atoms with Crippen LogP contribution in [-0.2, 0) is 16.0 Å². The van der Waals surface area contributed by atoms with Gasteiger partial charge >= 0.3 is 0 Å². The van der Waals surface area contributed by atoms with E-state index in [1.165, 1.54) is 0 Å². The summed E-state index contributed by atoms with van der Waals surface area (Å²) in [6.45, 7) is 9.60. The number of hydrogen-bond donors (Lipinski definition) is 1. The quantitative estimate of drug-likeness (QED) is 0.396. The van der Waals surface area contributed by atoms with Crippen LogP contribution in [0.15, 0.2) is 47.9 Å². The van der Waals surface area contributed by atoms with Crippen molar-refractivity contribution in [1.82, 2.24) is 4.90 Å². The maximum atomic E-state index is 12.9. The van der Waals surface area contributed by atoms with Crippen molar-refractivity contribution in [3.05, 3.63) is 70.1 Å². The molecule has 0 aliphatic carbocycles. The van der Waals surface area contributed by atoms with Crippen molar-refractivity contribution in [3.63, 3.8) is 0 Å². The smallest absolute Gasteiger partial charge is 0.294 e. The fourth-order valence-corrected chi connectivity index (χ4v) is 4.59. The lowest BCUT2D eigenvalue weighted by Gasteiger charge is -2.15. The van der Waals surface area contributed by atoms with Gasteiger partial charge in [-0.05, 0) is 86.0 Å². The second-order valence-corrected chi connectivity index (χ2v) is 8.82. The van der Waals surface area contributed by atoms with E-state index in [2.05, 4.69) is 11.9 Å². The molecule has 178 valence electrons. The molecule has 1 fully saturated rings. The predicted molar refractivity (Wildman–Crippen MR) is 135 cm³/mol. The van der Waals surface area contributed by atoms with Gasteiger partial charge in [0.05, 0.1) is 18.6 Å².